The van der Waals surface area contributed by atoms with Crippen LogP contribution in [-0.4, -0.2) is 5.91 Å². The van der Waals surface area contributed by atoms with Crippen LogP contribution in [0.4, 0.5) is 11.4 Å². The van der Waals surface area contributed by atoms with E-state index in [0.29, 0.717) is 11.3 Å². The van der Waals surface area contributed by atoms with E-state index in [4.69, 9.17) is 5.39 Å². The van der Waals surface area contributed by atoms with Gasteiger partial charge in [-0.25, -0.2) is 0 Å². The minimum Gasteiger partial charge on any atom is -1.00 e. The molecule has 0 heterocycles. The number of carbonyl (C=O) groups excluding carboxylic acids is 1. The summed E-state index contributed by atoms with van der Waals surface area (Å²) in [5.74, 6) is 5.82. The van der Waals surface area contributed by atoms with Gasteiger partial charge in [0.25, 0.3) is 0 Å². The summed E-state index contributed by atoms with van der Waals surface area (Å²) in [6, 6.07) is 14.3. The van der Waals surface area contributed by atoms with Crippen molar-refractivity contribution >= 4 is 17.3 Å². The van der Waals surface area contributed by atoms with E-state index in [9.17, 15) is 4.79 Å². The van der Waals surface area contributed by atoms with E-state index in [0.717, 1.165) is 11.3 Å². The summed E-state index contributed by atoms with van der Waals surface area (Å²) in [7, 11) is 0. The molecule has 0 aliphatic carbocycles. The monoisotopic (exact) mass is 297 g/mol. The van der Waals surface area contributed by atoms with Crippen molar-refractivity contribution in [1.82, 2.24) is 0 Å². The number of benzene rings is 2. The largest absolute Gasteiger partial charge is 1.00 e. The molecule has 0 atom stereocenters. The molecule has 0 spiro atoms. The molecule has 0 aromatic heterocycles. The predicted octanol–water partition coefficient (Wildman–Crippen LogP) is 0.533. The Kier molecular flexibility index (Phi) is 5.95. The van der Waals surface area contributed by atoms with E-state index < -0.39 is 0 Å². The first-order chi connectivity index (χ1) is 9.69. The summed E-state index contributed by atoms with van der Waals surface area (Å²) in [4.78, 5) is 14.1. The summed E-state index contributed by atoms with van der Waals surface area (Å²) in [6.07, 6.45) is 0. The molecule has 1 amide bonds. The van der Waals surface area contributed by atoms with E-state index in [-0.39, 0.29) is 18.3 Å². The molecule has 0 aliphatic rings. The van der Waals surface area contributed by atoms with Crippen molar-refractivity contribution in [3.8, 4) is 11.8 Å². The van der Waals surface area contributed by atoms with Gasteiger partial charge in [0.2, 0.25) is 11.3 Å². The topological polar surface area (TPSA) is 57.2 Å². The van der Waals surface area contributed by atoms with Crippen molar-refractivity contribution in [3.05, 3.63) is 64.6 Å². The lowest BCUT2D eigenvalue weighted by Crippen LogP contribution is -3.00. The lowest BCUT2D eigenvalue weighted by molar-refractivity contribution is -0.114. The van der Waals surface area contributed by atoms with Gasteiger partial charge >= 0.3 is 5.69 Å². The quantitative estimate of drug-likeness (QED) is 0.617. The molecule has 0 unspecified atom stereocenters. The zero-order chi connectivity index (χ0) is 14.4. The average molecular weight is 298 g/mol. The first kappa shape index (κ1) is 16.2. The van der Waals surface area contributed by atoms with Gasteiger partial charge in [0.15, 0.2) is 4.98 Å². The van der Waals surface area contributed by atoms with Crippen LogP contribution in [0.5, 0.6) is 0 Å². The number of hydrogen-bond acceptors (Lipinski definition) is 2. The number of nitrogens with zero attached hydrogens (tertiary/aromatic N) is 2. The first-order valence-electron chi connectivity index (χ1n) is 6.03. The fraction of sp³-hybridized carbons (Fsp3) is 0.0625. The Labute approximate surface area is 129 Å². The van der Waals surface area contributed by atoms with Crippen molar-refractivity contribution in [3.63, 3.8) is 0 Å². The molecular formula is C16H12ClN3O. The second-order valence-corrected chi connectivity index (χ2v) is 4.13. The smallest absolute Gasteiger partial charge is 0.400 e. The average Bonchev–Trinajstić information content (AvgIpc) is 2.46. The molecule has 2 aromatic carbocycles. The van der Waals surface area contributed by atoms with Crippen LogP contribution >= 0.6 is 0 Å². The van der Waals surface area contributed by atoms with Crippen LogP contribution in [0.3, 0.4) is 0 Å². The molecule has 0 radical (unpaired) electrons. The van der Waals surface area contributed by atoms with Gasteiger partial charge in [0, 0.05) is 24.2 Å². The summed E-state index contributed by atoms with van der Waals surface area (Å²) in [5, 5.41) is 11.5. The van der Waals surface area contributed by atoms with Gasteiger partial charge < -0.3 is 17.7 Å². The van der Waals surface area contributed by atoms with Crippen LogP contribution in [0.15, 0.2) is 48.5 Å². The number of carbonyl (C=O) groups is 1. The third-order valence-electron chi connectivity index (χ3n) is 2.56. The Bertz CT molecular complexity index is 737. The Morgan fingerprint density at radius 1 is 1.10 bits per heavy atom. The highest BCUT2D eigenvalue weighted by Crippen LogP contribution is 2.17. The summed E-state index contributed by atoms with van der Waals surface area (Å²) >= 11 is 0. The maximum Gasteiger partial charge on any atom is 0.400 e. The third-order valence-corrected chi connectivity index (χ3v) is 2.56. The summed E-state index contributed by atoms with van der Waals surface area (Å²) in [5.41, 5.74) is 2.64. The second kappa shape index (κ2) is 7.69. The molecule has 2 aromatic rings. The standard InChI is InChI=1S/C16H11N3O.ClH/c1-12(20)18-15-10-7-13(8-11-15)6-9-14-4-2-3-5-16(14)19-17;/h2-5,7-8,10-11H,1H3;1H. The lowest BCUT2D eigenvalue weighted by atomic mass is 10.1. The molecule has 0 fully saturated rings. The fourth-order valence-corrected chi connectivity index (χ4v) is 1.65. The molecule has 104 valence electrons. The maximum atomic E-state index is 10.9. The molecule has 5 heteroatoms. The zero-order valence-electron chi connectivity index (χ0n) is 11.3. The Hall–Kier alpha value is -2.82. The van der Waals surface area contributed by atoms with Gasteiger partial charge in [-0.1, -0.05) is 24.0 Å². The highest BCUT2D eigenvalue weighted by Gasteiger charge is 2.08. The number of anilines is 1. The number of nitrogens with one attached hydrogen (secondary N) is 1. The van der Waals surface area contributed by atoms with Crippen molar-refractivity contribution < 1.29 is 17.2 Å². The Balaban J connectivity index is 0.00000220. The molecule has 0 saturated carbocycles. The van der Waals surface area contributed by atoms with Crippen molar-refractivity contribution in [2.75, 3.05) is 5.32 Å². The maximum absolute atomic E-state index is 10.9. The van der Waals surface area contributed by atoms with Crippen LogP contribution in [0.25, 0.3) is 4.98 Å². The number of rotatable bonds is 1. The molecule has 0 bridgehead atoms. The van der Waals surface area contributed by atoms with Gasteiger partial charge in [-0.05, 0) is 30.3 Å². The van der Waals surface area contributed by atoms with Gasteiger partial charge in [0.05, 0.1) is 0 Å². The van der Waals surface area contributed by atoms with Gasteiger partial charge in [-0.2, -0.15) is 0 Å². The van der Waals surface area contributed by atoms with Crippen molar-refractivity contribution in [1.29, 1.82) is 5.39 Å². The van der Waals surface area contributed by atoms with Gasteiger partial charge in [-0.3, -0.25) is 4.79 Å². The Morgan fingerprint density at radius 3 is 2.38 bits per heavy atom. The molecule has 4 nitrogen and oxygen atoms in total. The number of amides is 1. The molecule has 0 aliphatic heterocycles. The van der Waals surface area contributed by atoms with E-state index in [1.54, 1.807) is 30.3 Å². The van der Waals surface area contributed by atoms with Crippen LogP contribution in [0, 0.1) is 17.2 Å². The van der Waals surface area contributed by atoms with E-state index >= 15 is 0 Å². The summed E-state index contributed by atoms with van der Waals surface area (Å²) < 4.78 is 0. The fourth-order valence-electron chi connectivity index (χ4n) is 1.65. The van der Waals surface area contributed by atoms with Crippen LogP contribution in [-0.2, 0) is 4.79 Å². The molecule has 2 rings (SSSR count). The van der Waals surface area contributed by atoms with Crippen LogP contribution < -0.4 is 17.7 Å². The predicted molar refractivity (Wildman–Crippen MR) is 77.9 cm³/mol. The molecule has 21 heavy (non-hydrogen) atoms. The minimum atomic E-state index is -0.109. The lowest BCUT2D eigenvalue weighted by Gasteiger charge is -2.00. The number of hydrogen-bond donors (Lipinski definition) is 1. The first-order valence-corrected chi connectivity index (χ1v) is 6.03. The van der Waals surface area contributed by atoms with Gasteiger partial charge in [-0.15, -0.1) is 0 Å². The second-order valence-electron chi connectivity index (χ2n) is 4.13. The molecule has 0 saturated heterocycles. The molecule has 1 N–H and O–H groups in total. The van der Waals surface area contributed by atoms with Crippen LogP contribution in [0.2, 0.25) is 0 Å². The zero-order valence-corrected chi connectivity index (χ0v) is 12.1. The normalized spacial score (nSPS) is 8.57. The molecular weight excluding hydrogens is 286 g/mol. The summed E-state index contributed by atoms with van der Waals surface area (Å²) in [6.45, 7) is 1.46. The third kappa shape index (κ3) is 4.65. The number of diazo groups is 1. The number of halogens is 1. The van der Waals surface area contributed by atoms with Gasteiger partial charge in [0.1, 0.15) is 5.56 Å². The van der Waals surface area contributed by atoms with Crippen LogP contribution in [0.1, 0.15) is 18.1 Å². The minimum absolute atomic E-state index is 0. The highest BCUT2D eigenvalue weighted by molar-refractivity contribution is 5.88. The SMILES string of the molecule is CC(=O)Nc1ccc(C#Cc2ccccc2[N+]#N)cc1.[Cl-]. The van der Waals surface area contributed by atoms with Crippen molar-refractivity contribution in [2.45, 2.75) is 6.92 Å². The Morgan fingerprint density at radius 2 is 1.76 bits per heavy atom. The van der Waals surface area contributed by atoms with Crippen molar-refractivity contribution in [2.24, 2.45) is 0 Å². The highest BCUT2D eigenvalue weighted by atomic mass is 35.5. The van der Waals surface area contributed by atoms with E-state index in [1.165, 1.54) is 6.92 Å². The van der Waals surface area contributed by atoms with E-state index in [1.807, 2.05) is 18.2 Å². The van der Waals surface area contributed by atoms with E-state index in [2.05, 4.69) is 22.1 Å².